The maximum absolute atomic E-state index is 12.6. The molecular weight excluding hydrogens is 436 g/mol. The van der Waals surface area contributed by atoms with Crippen molar-refractivity contribution in [2.75, 3.05) is 12.9 Å². The van der Waals surface area contributed by atoms with Gasteiger partial charge < -0.3 is 14.8 Å². The Hall–Kier alpha value is -3.00. The minimum Gasteiger partial charge on any atom is -0.497 e. The largest absolute Gasteiger partial charge is 0.497 e. The third kappa shape index (κ3) is 6.07. The SMILES string of the molecule is COc1ccc(OCc2nnc(SCC(=O)NC3CCCCC3C)n2-c2ccccc2)cc1. The van der Waals surface area contributed by atoms with Crippen LogP contribution in [0.2, 0.25) is 0 Å². The first-order valence-corrected chi connectivity index (χ1v) is 12.3. The number of hydrogen-bond acceptors (Lipinski definition) is 6. The molecule has 1 aliphatic rings. The van der Waals surface area contributed by atoms with Crippen LogP contribution in [0.5, 0.6) is 11.5 Å². The molecule has 1 N–H and O–H groups in total. The number of thioether (sulfide) groups is 1. The lowest BCUT2D eigenvalue weighted by atomic mass is 9.86. The first-order chi connectivity index (χ1) is 16.1. The number of hydrogen-bond donors (Lipinski definition) is 1. The lowest BCUT2D eigenvalue weighted by Crippen LogP contribution is -2.41. The molecule has 2 atom stereocenters. The maximum Gasteiger partial charge on any atom is 0.230 e. The second-order valence-electron chi connectivity index (χ2n) is 8.26. The number of methoxy groups -OCH3 is 1. The molecule has 1 amide bonds. The summed E-state index contributed by atoms with van der Waals surface area (Å²) in [6.07, 6.45) is 4.68. The second-order valence-corrected chi connectivity index (χ2v) is 9.20. The van der Waals surface area contributed by atoms with E-state index >= 15 is 0 Å². The van der Waals surface area contributed by atoms with Gasteiger partial charge in [0.2, 0.25) is 5.91 Å². The highest BCUT2D eigenvalue weighted by Gasteiger charge is 2.23. The molecule has 1 saturated carbocycles. The molecule has 7 nitrogen and oxygen atoms in total. The van der Waals surface area contributed by atoms with Gasteiger partial charge in [0, 0.05) is 11.7 Å². The number of carbonyl (C=O) groups is 1. The van der Waals surface area contributed by atoms with Crippen LogP contribution in [0.25, 0.3) is 5.69 Å². The number of amides is 1. The van der Waals surface area contributed by atoms with Crippen molar-refractivity contribution in [1.29, 1.82) is 0 Å². The van der Waals surface area contributed by atoms with Crippen molar-refractivity contribution in [3.8, 4) is 17.2 Å². The van der Waals surface area contributed by atoms with E-state index in [1.54, 1.807) is 7.11 Å². The van der Waals surface area contributed by atoms with Crippen LogP contribution < -0.4 is 14.8 Å². The second kappa shape index (κ2) is 11.2. The topological polar surface area (TPSA) is 78.3 Å². The summed E-state index contributed by atoms with van der Waals surface area (Å²) in [6.45, 7) is 2.47. The summed E-state index contributed by atoms with van der Waals surface area (Å²) >= 11 is 1.39. The van der Waals surface area contributed by atoms with Gasteiger partial charge in [-0.3, -0.25) is 9.36 Å². The number of rotatable bonds is 9. The van der Waals surface area contributed by atoms with Gasteiger partial charge in [0.05, 0.1) is 12.9 Å². The van der Waals surface area contributed by atoms with Crippen LogP contribution in [0, 0.1) is 5.92 Å². The lowest BCUT2D eigenvalue weighted by molar-refractivity contribution is -0.119. The summed E-state index contributed by atoms with van der Waals surface area (Å²) in [4.78, 5) is 12.6. The molecule has 3 aromatic rings. The third-order valence-electron chi connectivity index (χ3n) is 5.93. The van der Waals surface area contributed by atoms with Crippen molar-refractivity contribution in [2.45, 2.75) is 50.4 Å². The zero-order valence-electron chi connectivity index (χ0n) is 19.1. The molecule has 1 heterocycles. The van der Waals surface area contributed by atoms with Crippen molar-refractivity contribution < 1.29 is 14.3 Å². The number of ether oxygens (including phenoxy) is 2. The van der Waals surface area contributed by atoms with Crippen LogP contribution in [0.15, 0.2) is 59.8 Å². The summed E-state index contributed by atoms with van der Waals surface area (Å²) < 4.78 is 13.1. The Morgan fingerprint density at radius 2 is 1.79 bits per heavy atom. The predicted molar refractivity (Wildman–Crippen MR) is 129 cm³/mol. The molecule has 2 aromatic carbocycles. The Balaban J connectivity index is 1.44. The fraction of sp³-hybridized carbons (Fsp3) is 0.400. The molecular formula is C25H30N4O3S. The van der Waals surface area contributed by atoms with Gasteiger partial charge in [0.25, 0.3) is 0 Å². The minimum atomic E-state index is 0.0393. The van der Waals surface area contributed by atoms with E-state index in [0.29, 0.717) is 28.4 Å². The van der Waals surface area contributed by atoms with E-state index in [1.807, 2.05) is 59.2 Å². The highest BCUT2D eigenvalue weighted by molar-refractivity contribution is 7.99. The van der Waals surface area contributed by atoms with Crippen LogP contribution in [0.1, 0.15) is 38.4 Å². The van der Waals surface area contributed by atoms with Crippen LogP contribution in [-0.4, -0.2) is 39.6 Å². The average Bonchev–Trinajstić information content (AvgIpc) is 3.26. The standard InChI is InChI=1S/C25H30N4O3S/c1-18-8-6-7-11-22(18)26-24(30)17-33-25-28-27-23(29(25)19-9-4-3-5-10-19)16-32-21-14-12-20(31-2)13-15-21/h3-5,9-10,12-15,18,22H,6-8,11,16-17H2,1-2H3,(H,26,30). The molecule has 1 aliphatic carbocycles. The van der Waals surface area contributed by atoms with E-state index in [-0.39, 0.29) is 18.6 Å². The zero-order chi connectivity index (χ0) is 23.0. The quantitative estimate of drug-likeness (QED) is 0.463. The van der Waals surface area contributed by atoms with Gasteiger partial charge in [0.15, 0.2) is 11.0 Å². The Morgan fingerprint density at radius 1 is 1.06 bits per heavy atom. The van der Waals surface area contributed by atoms with E-state index in [0.717, 1.165) is 17.9 Å². The Morgan fingerprint density at radius 3 is 2.52 bits per heavy atom. The van der Waals surface area contributed by atoms with Crippen molar-refractivity contribution in [2.24, 2.45) is 5.92 Å². The molecule has 0 bridgehead atoms. The van der Waals surface area contributed by atoms with Crippen molar-refractivity contribution in [3.05, 3.63) is 60.4 Å². The van der Waals surface area contributed by atoms with Gasteiger partial charge in [-0.05, 0) is 55.2 Å². The van der Waals surface area contributed by atoms with Gasteiger partial charge in [-0.1, -0.05) is 49.7 Å². The maximum atomic E-state index is 12.6. The van der Waals surface area contributed by atoms with Crippen molar-refractivity contribution in [3.63, 3.8) is 0 Å². The smallest absolute Gasteiger partial charge is 0.230 e. The first-order valence-electron chi connectivity index (χ1n) is 11.3. The lowest BCUT2D eigenvalue weighted by Gasteiger charge is -2.29. The van der Waals surface area contributed by atoms with E-state index < -0.39 is 0 Å². The summed E-state index contributed by atoms with van der Waals surface area (Å²) in [5.41, 5.74) is 0.930. The molecule has 0 aliphatic heterocycles. The van der Waals surface area contributed by atoms with E-state index in [4.69, 9.17) is 9.47 Å². The summed E-state index contributed by atoms with van der Waals surface area (Å²) in [5.74, 6) is 3.02. The molecule has 0 saturated heterocycles. The number of aromatic nitrogens is 3. The van der Waals surface area contributed by atoms with E-state index in [1.165, 1.54) is 31.0 Å². The monoisotopic (exact) mass is 466 g/mol. The van der Waals surface area contributed by atoms with Crippen LogP contribution in [-0.2, 0) is 11.4 Å². The van der Waals surface area contributed by atoms with Gasteiger partial charge in [-0.2, -0.15) is 0 Å². The number of benzene rings is 2. The number of nitrogens with zero attached hydrogens (tertiary/aromatic N) is 3. The highest BCUT2D eigenvalue weighted by atomic mass is 32.2. The third-order valence-corrected chi connectivity index (χ3v) is 6.86. The summed E-state index contributed by atoms with van der Waals surface area (Å²) in [7, 11) is 1.63. The normalized spacial score (nSPS) is 18.0. The van der Waals surface area contributed by atoms with Gasteiger partial charge in [-0.25, -0.2) is 0 Å². The van der Waals surface area contributed by atoms with Gasteiger partial charge in [0.1, 0.15) is 18.1 Å². The number of carbonyl (C=O) groups excluding carboxylic acids is 1. The molecule has 174 valence electrons. The van der Waals surface area contributed by atoms with Crippen molar-refractivity contribution in [1.82, 2.24) is 20.1 Å². The van der Waals surface area contributed by atoms with E-state index in [9.17, 15) is 4.79 Å². The fourth-order valence-electron chi connectivity index (χ4n) is 4.05. The number of para-hydroxylation sites is 1. The molecule has 0 radical (unpaired) electrons. The number of nitrogens with one attached hydrogen (secondary N) is 1. The minimum absolute atomic E-state index is 0.0393. The Labute approximate surface area is 198 Å². The Kier molecular flexibility index (Phi) is 7.88. The molecule has 33 heavy (non-hydrogen) atoms. The van der Waals surface area contributed by atoms with Crippen LogP contribution in [0.3, 0.4) is 0 Å². The molecule has 8 heteroatoms. The van der Waals surface area contributed by atoms with E-state index in [2.05, 4.69) is 22.4 Å². The summed E-state index contributed by atoms with van der Waals surface area (Å²) in [5, 5.41) is 12.6. The summed E-state index contributed by atoms with van der Waals surface area (Å²) in [6, 6.07) is 17.6. The van der Waals surface area contributed by atoms with Gasteiger partial charge >= 0.3 is 0 Å². The molecule has 2 unspecified atom stereocenters. The molecule has 0 spiro atoms. The molecule has 4 rings (SSSR count). The Bertz CT molecular complexity index is 1040. The molecule has 1 aromatic heterocycles. The van der Waals surface area contributed by atoms with Crippen molar-refractivity contribution >= 4 is 17.7 Å². The molecule has 1 fully saturated rings. The average molecular weight is 467 g/mol. The van der Waals surface area contributed by atoms with Gasteiger partial charge in [-0.15, -0.1) is 10.2 Å². The predicted octanol–water partition coefficient (Wildman–Crippen LogP) is 4.64. The zero-order valence-corrected chi connectivity index (χ0v) is 19.9. The van der Waals surface area contributed by atoms with Crippen LogP contribution >= 0.6 is 11.8 Å². The van der Waals surface area contributed by atoms with Crippen LogP contribution in [0.4, 0.5) is 0 Å². The fourth-order valence-corrected chi connectivity index (χ4v) is 4.83. The first kappa shape index (κ1) is 23.2. The highest BCUT2D eigenvalue weighted by Crippen LogP contribution is 2.26.